The summed E-state index contributed by atoms with van der Waals surface area (Å²) in [6.45, 7) is 9.26. The van der Waals surface area contributed by atoms with Crippen molar-refractivity contribution in [2.45, 2.75) is 45.7 Å². The molecule has 1 aromatic heterocycles. The first kappa shape index (κ1) is 13.0. The second-order valence-electron chi connectivity index (χ2n) is 4.97. The van der Waals surface area contributed by atoms with E-state index in [1.54, 1.807) is 0 Å². The van der Waals surface area contributed by atoms with Crippen LogP contribution in [0.4, 0.5) is 0 Å². The smallest absolute Gasteiger partial charge is 0.316 e. The number of aromatic nitrogens is 2. The minimum Gasteiger partial charge on any atom is -0.463 e. The van der Waals surface area contributed by atoms with Gasteiger partial charge in [0.05, 0.1) is 6.61 Å². The van der Waals surface area contributed by atoms with Gasteiger partial charge in [0.2, 0.25) is 0 Å². The number of nitrogens with zero attached hydrogens (tertiary/aromatic N) is 2. The third-order valence-corrected chi connectivity index (χ3v) is 2.98. The monoisotopic (exact) mass is 247 g/mol. The fourth-order valence-electron chi connectivity index (χ4n) is 1.57. The summed E-state index contributed by atoms with van der Waals surface area (Å²) in [5.74, 6) is 0. The van der Waals surface area contributed by atoms with E-state index in [0.29, 0.717) is 18.7 Å². The lowest BCUT2D eigenvalue weighted by atomic mass is 10.2. The van der Waals surface area contributed by atoms with Crippen molar-refractivity contribution >= 4 is 0 Å². The van der Waals surface area contributed by atoms with Crippen molar-refractivity contribution in [2.24, 2.45) is 0 Å². The fourth-order valence-corrected chi connectivity index (χ4v) is 1.57. The van der Waals surface area contributed by atoms with Crippen molar-refractivity contribution in [1.82, 2.24) is 15.3 Å². The van der Waals surface area contributed by atoms with Crippen LogP contribution < -0.4 is 10.1 Å². The zero-order valence-corrected chi connectivity index (χ0v) is 11.2. The molecular weight excluding hydrogens is 226 g/mol. The summed E-state index contributed by atoms with van der Waals surface area (Å²) in [5.41, 5.74) is 3.25. The molecule has 0 aliphatic heterocycles. The predicted octanol–water partition coefficient (Wildman–Crippen LogP) is 2.38. The van der Waals surface area contributed by atoms with Gasteiger partial charge in [-0.15, -0.1) is 6.58 Å². The Kier molecular flexibility index (Phi) is 4.31. The van der Waals surface area contributed by atoms with Gasteiger partial charge in [-0.3, -0.25) is 0 Å². The van der Waals surface area contributed by atoms with Crippen molar-refractivity contribution in [3.05, 3.63) is 29.6 Å². The van der Waals surface area contributed by atoms with Gasteiger partial charge in [0.1, 0.15) is 0 Å². The average molecular weight is 247 g/mol. The molecule has 0 aromatic carbocycles. The first-order valence-corrected chi connectivity index (χ1v) is 6.48. The molecule has 0 radical (unpaired) electrons. The van der Waals surface area contributed by atoms with E-state index < -0.39 is 0 Å². The van der Waals surface area contributed by atoms with Gasteiger partial charge in [-0.2, -0.15) is 0 Å². The first-order valence-electron chi connectivity index (χ1n) is 6.48. The van der Waals surface area contributed by atoms with Crippen LogP contribution in [0, 0.1) is 6.92 Å². The highest BCUT2D eigenvalue weighted by atomic mass is 16.5. The van der Waals surface area contributed by atoms with Crippen molar-refractivity contribution in [3.63, 3.8) is 0 Å². The first-order chi connectivity index (χ1) is 8.65. The Balaban J connectivity index is 1.85. The zero-order valence-electron chi connectivity index (χ0n) is 11.2. The van der Waals surface area contributed by atoms with E-state index in [0.717, 1.165) is 29.8 Å². The molecule has 4 nitrogen and oxygen atoms in total. The Hall–Kier alpha value is -1.42. The number of hydrogen-bond acceptors (Lipinski definition) is 4. The minimum atomic E-state index is 0.462. The molecule has 1 aliphatic carbocycles. The van der Waals surface area contributed by atoms with Gasteiger partial charge in [0.25, 0.3) is 0 Å². The molecule has 1 N–H and O–H groups in total. The average Bonchev–Trinajstić information content (AvgIpc) is 3.11. The fraction of sp³-hybridized carbons (Fsp3) is 0.571. The Labute approximate surface area is 108 Å². The van der Waals surface area contributed by atoms with Gasteiger partial charge in [-0.05, 0) is 26.7 Å². The van der Waals surface area contributed by atoms with Gasteiger partial charge < -0.3 is 10.1 Å². The van der Waals surface area contributed by atoms with Gasteiger partial charge >= 0.3 is 6.01 Å². The second-order valence-corrected chi connectivity index (χ2v) is 4.97. The quantitative estimate of drug-likeness (QED) is 0.751. The van der Waals surface area contributed by atoms with E-state index in [-0.39, 0.29) is 0 Å². The minimum absolute atomic E-state index is 0.462. The van der Waals surface area contributed by atoms with Gasteiger partial charge in [-0.1, -0.05) is 5.57 Å². The van der Waals surface area contributed by atoms with E-state index >= 15 is 0 Å². The number of hydrogen-bond donors (Lipinski definition) is 1. The molecular formula is C14H21N3O. The summed E-state index contributed by atoms with van der Waals surface area (Å²) >= 11 is 0. The van der Waals surface area contributed by atoms with E-state index in [9.17, 15) is 0 Å². The lowest BCUT2D eigenvalue weighted by molar-refractivity contribution is 0.295. The zero-order chi connectivity index (χ0) is 13.0. The van der Waals surface area contributed by atoms with Crippen LogP contribution in [0.25, 0.3) is 0 Å². The second kappa shape index (κ2) is 5.96. The molecule has 1 fully saturated rings. The highest BCUT2D eigenvalue weighted by Gasteiger charge is 2.20. The number of ether oxygens (including phenoxy) is 1. The molecule has 2 rings (SSSR count). The van der Waals surface area contributed by atoms with Crippen molar-refractivity contribution in [2.75, 3.05) is 6.61 Å². The standard InChI is InChI=1S/C14H21N3O/c1-10(2)6-7-18-14-16-9-12(11(3)17-14)8-15-13-4-5-13/h9,13,15H,1,4-8H2,2-3H3. The molecule has 0 bridgehead atoms. The maximum Gasteiger partial charge on any atom is 0.316 e. The molecule has 4 heteroatoms. The SMILES string of the molecule is C=C(C)CCOc1ncc(CNC2CC2)c(C)n1. The van der Waals surface area contributed by atoms with Crippen molar-refractivity contribution in [3.8, 4) is 6.01 Å². The maximum atomic E-state index is 5.49. The third kappa shape index (κ3) is 4.11. The number of nitrogens with one attached hydrogen (secondary N) is 1. The van der Waals surface area contributed by atoms with Crippen LogP contribution >= 0.6 is 0 Å². The third-order valence-electron chi connectivity index (χ3n) is 2.98. The lowest BCUT2D eigenvalue weighted by Gasteiger charge is -2.08. The molecule has 18 heavy (non-hydrogen) atoms. The molecule has 98 valence electrons. The van der Waals surface area contributed by atoms with E-state index in [4.69, 9.17) is 4.74 Å². The molecule has 1 aromatic rings. The highest BCUT2D eigenvalue weighted by Crippen LogP contribution is 2.19. The van der Waals surface area contributed by atoms with Crippen LogP contribution in [0.5, 0.6) is 6.01 Å². The molecule has 0 amide bonds. The molecule has 1 heterocycles. The summed E-state index contributed by atoms with van der Waals surface area (Å²) in [5, 5.41) is 3.46. The van der Waals surface area contributed by atoms with Crippen LogP contribution in [-0.2, 0) is 6.54 Å². The summed E-state index contributed by atoms with van der Waals surface area (Å²) in [7, 11) is 0. The lowest BCUT2D eigenvalue weighted by Crippen LogP contribution is -2.17. The Morgan fingerprint density at radius 3 is 2.94 bits per heavy atom. The molecule has 0 saturated heterocycles. The van der Waals surface area contributed by atoms with E-state index in [1.807, 2.05) is 20.0 Å². The molecule has 1 aliphatic rings. The van der Waals surface area contributed by atoms with Gasteiger partial charge in [-0.25, -0.2) is 9.97 Å². The summed E-state index contributed by atoms with van der Waals surface area (Å²) in [6.07, 6.45) is 5.28. The van der Waals surface area contributed by atoms with Crippen LogP contribution in [0.1, 0.15) is 37.4 Å². The molecule has 1 saturated carbocycles. The largest absolute Gasteiger partial charge is 0.463 e. The van der Waals surface area contributed by atoms with Crippen molar-refractivity contribution < 1.29 is 4.74 Å². The summed E-state index contributed by atoms with van der Waals surface area (Å²) in [4.78, 5) is 8.60. The van der Waals surface area contributed by atoms with Crippen LogP contribution in [0.2, 0.25) is 0 Å². The normalized spacial score (nSPS) is 14.6. The van der Waals surface area contributed by atoms with E-state index in [2.05, 4.69) is 21.9 Å². The molecule has 0 atom stereocenters. The summed E-state index contributed by atoms with van der Waals surface area (Å²) in [6, 6.07) is 1.17. The Bertz CT molecular complexity index is 427. The van der Waals surface area contributed by atoms with Crippen LogP contribution in [0.15, 0.2) is 18.3 Å². The highest BCUT2D eigenvalue weighted by molar-refractivity contribution is 5.18. The van der Waals surface area contributed by atoms with Crippen molar-refractivity contribution in [1.29, 1.82) is 0 Å². The summed E-state index contributed by atoms with van der Waals surface area (Å²) < 4.78 is 5.49. The van der Waals surface area contributed by atoms with Crippen LogP contribution in [-0.4, -0.2) is 22.6 Å². The van der Waals surface area contributed by atoms with Gasteiger partial charge in [0.15, 0.2) is 0 Å². The number of aryl methyl sites for hydroxylation is 1. The predicted molar refractivity (Wildman–Crippen MR) is 71.6 cm³/mol. The van der Waals surface area contributed by atoms with Gasteiger partial charge in [0, 0.05) is 36.5 Å². The van der Waals surface area contributed by atoms with Crippen LogP contribution in [0.3, 0.4) is 0 Å². The van der Waals surface area contributed by atoms with E-state index in [1.165, 1.54) is 12.8 Å². The molecule has 0 unspecified atom stereocenters. The topological polar surface area (TPSA) is 47.0 Å². The molecule has 0 spiro atoms. The maximum absolute atomic E-state index is 5.49. The number of rotatable bonds is 7. The Morgan fingerprint density at radius 2 is 2.33 bits per heavy atom. The Morgan fingerprint density at radius 1 is 1.56 bits per heavy atom.